The third-order valence-corrected chi connectivity index (χ3v) is 7.60. The lowest BCUT2D eigenvalue weighted by Gasteiger charge is -2.41. The van der Waals surface area contributed by atoms with Gasteiger partial charge in [0, 0.05) is 49.7 Å². The van der Waals surface area contributed by atoms with Gasteiger partial charge in [0.2, 0.25) is 0 Å². The molecule has 0 bridgehead atoms. The second-order valence-corrected chi connectivity index (χ2v) is 9.98. The summed E-state index contributed by atoms with van der Waals surface area (Å²) in [5, 5.41) is 8.62. The standard InChI is InChI=1S/C25H36N4OS/c1-20(26-25(30)27-22-11-6-3-7-12-22)24(23-13-8-18-31-23)29-16-14-28(15-17-29)19-21-9-4-2-5-10-21/h2,4-5,8-10,13,18,20,22,24H,3,6-7,11-12,14-17,19H2,1H3,(H2,26,27,30)/t20-,24+/m1/s1. The molecule has 1 aromatic carbocycles. The average Bonchev–Trinajstić information content (AvgIpc) is 3.31. The molecule has 31 heavy (non-hydrogen) atoms. The Balaban J connectivity index is 1.34. The Morgan fingerprint density at radius 1 is 1.03 bits per heavy atom. The molecule has 4 rings (SSSR count). The molecule has 1 aliphatic heterocycles. The fourth-order valence-corrected chi connectivity index (χ4v) is 5.97. The van der Waals surface area contributed by atoms with Crippen LogP contribution in [0.15, 0.2) is 47.8 Å². The molecule has 1 saturated carbocycles. The average molecular weight is 441 g/mol. The van der Waals surface area contributed by atoms with Gasteiger partial charge in [-0.1, -0.05) is 55.7 Å². The van der Waals surface area contributed by atoms with Gasteiger partial charge < -0.3 is 10.6 Å². The molecule has 168 valence electrons. The van der Waals surface area contributed by atoms with Crippen LogP contribution in [0.25, 0.3) is 0 Å². The van der Waals surface area contributed by atoms with E-state index < -0.39 is 0 Å². The van der Waals surface area contributed by atoms with E-state index in [1.807, 2.05) is 0 Å². The maximum Gasteiger partial charge on any atom is 0.315 e. The van der Waals surface area contributed by atoms with Crippen LogP contribution in [0.4, 0.5) is 4.79 Å². The first kappa shape index (κ1) is 22.3. The summed E-state index contributed by atoms with van der Waals surface area (Å²) in [4.78, 5) is 19.1. The number of carbonyl (C=O) groups excluding carboxylic acids is 1. The maximum atomic E-state index is 12.7. The highest BCUT2D eigenvalue weighted by Gasteiger charge is 2.31. The van der Waals surface area contributed by atoms with Crippen LogP contribution in [0.3, 0.4) is 0 Å². The summed E-state index contributed by atoms with van der Waals surface area (Å²) in [5.74, 6) is 0. The van der Waals surface area contributed by atoms with E-state index in [4.69, 9.17) is 0 Å². The van der Waals surface area contributed by atoms with Crippen LogP contribution >= 0.6 is 11.3 Å². The predicted molar refractivity (Wildman–Crippen MR) is 128 cm³/mol. The van der Waals surface area contributed by atoms with Gasteiger partial charge in [-0.05, 0) is 36.8 Å². The minimum Gasteiger partial charge on any atom is -0.335 e. The van der Waals surface area contributed by atoms with Crippen LogP contribution in [0.5, 0.6) is 0 Å². The summed E-state index contributed by atoms with van der Waals surface area (Å²) in [6.07, 6.45) is 5.98. The number of urea groups is 1. The number of benzene rings is 1. The largest absolute Gasteiger partial charge is 0.335 e. The number of nitrogens with zero attached hydrogens (tertiary/aromatic N) is 2. The van der Waals surface area contributed by atoms with Crippen LogP contribution in [0, 0.1) is 0 Å². The second kappa shape index (κ2) is 11.1. The van der Waals surface area contributed by atoms with Crippen molar-refractivity contribution < 1.29 is 4.79 Å². The lowest BCUT2D eigenvalue weighted by Crippen LogP contribution is -2.54. The quantitative estimate of drug-likeness (QED) is 0.660. The molecule has 5 nitrogen and oxygen atoms in total. The van der Waals surface area contributed by atoms with Crippen molar-refractivity contribution in [3.05, 3.63) is 58.3 Å². The molecule has 2 fully saturated rings. The molecule has 2 aliphatic rings. The second-order valence-electron chi connectivity index (χ2n) is 9.00. The number of thiophene rings is 1. The summed E-state index contributed by atoms with van der Waals surface area (Å²) in [5.41, 5.74) is 1.38. The molecule has 2 amide bonds. The first-order valence-corrected chi connectivity index (χ1v) is 12.7. The minimum absolute atomic E-state index is 0.0105. The van der Waals surface area contributed by atoms with E-state index in [0.717, 1.165) is 45.6 Å². The highest BCUT2D eigenvalue weighted by molar-refractivity contribution is 7.10. The van der Waals surface area contributed by atoms with Gasteiger partial charge in [0.15, 0.2) is 0 Å². The van der Waals surface area contributed by atoms with Gasteiger partial charge in [0.05, 0.1) is 6.04 Å². The van der Waals surface area contributed by atoms with Crippen molar-refractivity contribution in [3.63, 3.8) is 0 Å². The fraction of sp³-hybridized carbons (Fsp3) is 0.560. The van der Waals surface area contributed by atoms with Gasteiger partial charge in [-0.15, -0.1) is 11.3 Å². The zero-order valence-corrected chi connectivity index (χ0v) is 19.4. The fourth-order valence-electron chi connectivity index (χ4n) is 5.00. The Bertz CT molecular complexity index is 783. The first-order chi connectivity index (χ1) is 15.2. The summed E-state index contributed by atoms with van der Waals surface area (Å²) in [7, 11) is 0. The molecule has 1 aliphatic carbocycles. The molecule has 0 radical (unpaired) electrons. The number of piperazine rings is 1. The van der Waals surface area contributed by atoms with Gasteiger partial charge in [0.1, 0.15) is 0 Å². The number of amides is 2. The Morgan fingerprint density at radius 3 is 2.45 bits per heavy atom. The summed E-state index contributed by atoms with van der Waals surface area (Å²) >= 11 is 1.79. The monoisotopic (exact) mass is 440 g/mol. The van der Waals surface area contributed by atoms with Gasteiger partial charge in [-0.25, -0.2) is 4.79 Å². The molecular weight excluding hydrogens is 404 g/mol. The van der Waals surface area contributed by atoms with Crippen molar-refractivity contribution in [2.45, 2.75) is 63.7 Å². The van der Waals surface area contributed by atoms with Crippen molar-refractivity contribution in [3.8, 4) is 0 Å². The topological polar surface area (TPSA) is 47.6 Å². The molecule has 2 heterocycles. The van der Waals surface area contributed by atoms with Crippen molar-refractivity contribution in [2.24, 2.45) is 0 Å². The molecule has 0 unspecified atom stereocenters. The van der Waals surface area contributed by atoms with Crippen molar-refractivity contribution >= 4 is 17.4 Å². The number of hydrogen-bond acceptors (Lipinski definition) is 4. The Hall–Kier alpha value is -1.89. The van der Waals surface area contributed by atoms with Gasteiger partial charge >= 0.3 is 6.03 Å². The van der Waals surface area contributed by atoms with Crippen LogP contribution in [0.1, 0.15) is 55.5 Å². The zero-order chi connectivity index (χ0) is 21.5. The van der Waals surface area contributed by atoms with E-state index in [1.165, 1.54) is 29.7 Å². The maximum absolute atomic E-state index is 12.7. The molecule has 2 N–H and O–H groups in total. The van der Waals surface area contributed by atoms with E-state index in [9.17, 15) is 4.79 Å². The van der Waals surface area contributed by atoms with E-state index in [-0.39, 0.29) is 18.1 Å². The molecular formula is C25H36N4OS. The van der Waals surface area contributed by atoms with Gasteiger partial charge in [-0.2, -0.15) is 0 Å². The lowest BCUT2D eigenvalue weighted by molar-refractivity contribution is 0.0796. The molecule has 2 atom stereocenters. The lowest BCUT2D eigenvalue weighted by atomic mass is 9.96. The Morgan fingerprint density at radius 2 is 1.77 bits per heavy atom. The number of hydrogen-bond donors (Lipinski definition) is 2. The Labute approximate surface area is 190 Å². The minimum atomic E-state index is -0.0105. The summed E-state index contributed by atoms with van der Waals surface area (Å²) in [6.45, 7) is 7.31. The van der Waals surface area contributed by atoms with Crippen molar-refractivity contribution in [2.75, 3.05) is 26.2 Å². The SMILES string of the molecule is C[C@@H](NC(=O)NC1CCCCC1)[C@@H](c1cccs1)N1CCN(Cc2ccccc2)CC1. The normalized spacial score (nSPS) is 20.8. The molecule has 6 heteroatoms. The zero-order valence-electron chi connectivity index (χ0n) is 18.6. The van der Waals surface area contributed by atoms with E-state index in [1.54, 1.807) is 11.3 Å². The number of rotatable bonds is 7. The summed E-state index contributed by atoms with van der Waals surface area (Å²) < 4.78 is 0. The van der Waals surface area contributed by atoms with Crippen LogP contribution < -0.4 is 10.6 Å². The van der Waals surface area contributed by atoms with Crippen molar-refractivity contribution in [1.82, 2.24) is 20.4 Å². The van der Waals surface area contributed by atoms with E-state index in [2.05, 4.69) is 75.2 Å². The summed E-state index contributed by atoms with van der Waals surface area (Å²) in [6, 6.07) is 15.6. The smallest absolute Gasteiger partial charge is 0.315 e. The van der Waals surface area contributed by atoms with Crippen LogP contribution in [0.2, 0.25) is 0 Å². The molecule has 0 spiro atoms. The third-order valence-electron chi connectivity index (χ3n) is 6.66. The van der Waals surface area contributed by atoms with E-state index in [0.29, 0.717) is 6.04 Å². The highest BCUT2D eigenvalue weighted by atomic mass is 32.1. The number of carbonyl (C=O) groups is 1. The number of nitrogens with one attached hydrogen (secondary N) is 2. The Kier molecular flexibility index (Phi) is 8.00. The predicted octanol–water partition coefficient (Wildman–Crippen LogP) is 4.63. The molecule has 2 aromatic rings. The highest BCUT2D eigenvalue weighted by Crippen LogP contribution is 2.29. The molecule has 1 saturated heterocycles. The third kappa shape index (κ3) is 6.31. The molecule has 1 aromatic heterocycles. The van der Waals surface area contributed by atoms with Gasteiger partial charge in [-0.3, -0.25) is 9.80 Å². The first-order valence-electron chi connectivity index (χ1n) is 11.8. The van der Waals surface area contributed by atoms with Gasteiger partial charge in [0.25, 0.3) is 0 Å². The van der Waals surface area contributed by atoms with Crippen LogP contribution in [-0.4, -0.2) is 54.1 Å². The van der Waals surface area contributed by atoms with Crippen molar-refractivity contribution in [1.29, 1.82) is 0 Å². The van der Waals surface area contributed by atoms with Crippen LogP contribution in [-0.2, 0) is 6.54 Å². The van der Waals surface area contributed by atoms with E-state index >= 15 is 0 Å².